The van der Waals surface area contributed by atoms with E-state index in [1.54, 1.807) is 0 Å². The van der Waals surface area contributed by atoms with E-state index in [1.807, 2.05) is 16.9 Å². The Morgan fingerprint density at radius 3 is 2.60 bits per heavy atom. The standard InChI is InChI=1S/C15H23F3N4O3/c1-2-21(3-4-23)6-10-7-22(8-11(10)9-24)14(25)12-5-13(20-19-12)15(16,17)18/h5,10-11,23-24H,2-4,6-9H2,1H3,(H,19,20)/t10-,11-/m1/s1. The third kappa shape index (κ3) is 4.71. The predicted octanol–water partition coefficient (Wildman–Crippen LogP) is 0.423. The molecule has 2 atom stereocenters. The summed E-state index contributed by atoms with van der Waals surface area (Å²) in [5.74, 6) is -0.753. The zero-order valence-electron chi connectivity index (χ0n) is 14.0. The van der Waals surface area contributed by atoms with Crippen LogP contribution < -0.4 is 0 Å². The molecule has 1 aromatic heterocycles. The van der Waals surface area contributed by atoms with E-state index in [2.05, 4.69) is 5.10 Å². The Morgan fingerprint density at radius 2 is 2.08 bits per heavy atom. The average molecular weight is 364 g/mol. The first-order valence-corrected chi connectivity index (χ1v) is 8.16. The number of rotatable bonds is 7. The third-order valence-corrected chi connectivity index (χ3v) is 4.56. The summed E-state index contributed by atoms with van der Waals surface area (Å²) in [6.07, 6.45) is -4.58. The lowest BCUT2D eigenvalue weighted by Gasteiger charge is -2.25. The molecule has 0 aliphatic carbocycles. The molecule has 1 fully saturated rings. The monoisotopic (exact) mass is 364 g/mol. The van der Waals surface area contributed by atoms with Gasteiger partial charge in [0.1, 0.15) is 5.69 Å². The quantitative estimate of drug-likeness (QED) is 0.652. The molecule has 2 rings (SSSR count). The molecule has 0 radical (unpaired) electrons. The highest BCUT2D eigenvalue weighted by Gasteiger charge is 2.38. The van der Waals surface area contributed by atoms with Gasteiger partial charge in [-0.2, -0.15) is 18.3 Å². The summed E-state index contributed by atoms with van der Waals surface area (Å²) in [6, 6.07) is 0.702. The van der Waals surface area contributed by atoms with Gasteiger partial charge in [0.05, 0.1) is 6.61 Å². The third-order valence-electron chi connectivity index (χ3n) is 4.56. The number of nitrogens with zero attached hydrogens (tertiary/aromatic N) is 3. The number of nitrogens with one attached hydrogen (secondary N) is 1. The van der Waals surface area contributed by atoms with E-state index in [4.69, 9.17) is 5.11 Å². The summed E-state index contributed by atoms with van der Waals surface area (Å²) in [4.78, 5) is 15.9. The second-order valence-corrected chi connectivity index (χ2v) is 6.19. The second kappa shape index (κ2) is 8.15. The zero-order valence-corrected chi connectivity index (χ0v) is 14.0. The van der Waals surface area contributed by atoms with Gasteiger partial charge in [-0.1, -0.05) is 6.92 Å². The molecule has 1 aliphatic heterocycles. The Hall–Kier alpha value is -1.65. The molecule has 0 unspecified atom stereocenters. The van der Waals surface area contributed by atoms with Crippen molar-refractivity contribution in [2.45, 2.75) is 13.1 Å². The van der Waals surface area contributed by atoms with Gasteiger partial charge in [0.2, 0.25) is 0 Å². The van der Waals surface area contributed by atoms with Crippen LogP contribution in [-0.4, -0.2) is 82.1 Å². The molecule has 25 heavy (non-hydrogen) atoms. The van der Waals surface area contributed by atoms with Crippen LogP contribution in [-0.2, 0) is 6.18 Å². The van der Waals surface area contributed by atoms with Crippen molar-refractivity contribution in [1.82, 2.24) is 20.0 Å². The maximum atomic E-state index is 12.6. The van der Waals surface area contributed by atoms with Crippen molar-refractivity contribution in [1.29, 1.82) is 0 Å². The van der Waals surface area contributed by atoms with Gasteiger partial charge in [-0.15, -0.1) is 0 Å². The molecule has 2 heterocycles. The fraction of sp³-hybridized carbons (Fsp3) is 0.733. The molecule has 1 saturated heterocycles. The van der Waals surface area contributed by atoms with Crippen LogP contribution in [0.4, 0.5) is 13.2 Å². The first-order chi connectivity index (χ1) is 11.8. The lowest BCUT2D eigenvalue weighted by molar-refractivity contribution is -0.141. The number of alkyl halides is 3. The number of hydrogen-bond acceptors (Lipinski definition) is 5. The van der Waals surface area contributed by atoms with E-state index >= 15 is 0 Å². The zero-order chi connectivity index (χ0) is 18.6. The van der Waals surface area contributed by atoms with Crippen LogP contribution in [0.15, 0.2) is 6.07 Å². The molecule has 0 saturated carbocycles. The van der Waals surface area contributed by atoms with E-state index in [1.165, 1.54) is 4.90 Å². The summed E-state index contributed by atoms with van der Waals surface area (Å²) in [5, 5.41) is 23.9. The number of aliphatic hydroxyl groups excluding tert-OH is 2. The molecule has 10 heteroatoms. The number of halogens is 3. The average Bonchev–Trinajstić information content (AvgIpc) is 3.20. The van der Waals surface area contributed by atoms with Gasteiger partial charge in [0.15, 0.2) is 5.69 Å². The number of aromatic nitrogens is 2. The number of aliphatic hydroxyl groups is 2. The Morgan fingerprint density at radius 1 is 1.40 bits per heavy atom. The minimum absolute atomic E-state index is 0.0125. The topological polar surface area (TPSA) is 92.7 Å². The number of H-pyrrole nitrogens is 1. The summed E-state index contributed by atoms with van der Waals surface area (Å²) in [5.41, 5.74) is -1.35. The molecule has 3 N–H and O–H groups in total. The first-order valence-electron chi connectivity index (χ1n) is 8.16. The van der Waals surface area contributed by atoms with Gasteiger partial charge in [-0.05, 0) is 12.5 Å². The van der Waals surface area contributed by atoms with Gasteiger partial charge in [0, 0.05) is 44.8 Å². The van der Waals surface area contributed by atoms with Crippen molar-refractivity contribution in [3.05, 3.63) is 17.5 Å². The maximum absolute atomic E-state index is 12.6. The van der Waals surface area contributed by atoms with Crippen molar-refractivity contribution < 1.29 is 28.2 Å². The van der Waals surface area contributed by atoms with E-state index in [-0.39, 0.29) is 37.3 Å². The van der Waals surface area contributed by atoms with Crippen LogP contribution in [0.1, 0.15) is 23.1 Å². The molecule has 1 aliphatic rings. The first kappa shape index (κ1) is 19.7. The predicted molar refractivity (Wildman–Crippen MR) is 82.8 cm³/mol. The Bertz CT molecular complexity index is 579. The number of hydrogen-bond donors (Lipinski definition) is 3. The minimum Gasteiger partial charge on any atom is -0.396 e. The van der Waals surface area contributed by atoms with Crippen molar-refractivity contribution in [2.75, 3.05) is 45.9 Å². The van der Waals surface area contributed by atoms with E-state index in [0.29, 0.717) is 25.7 Å². The molecule has 0 aromatic carbocycles. The van der Waals surface area contributed by atoms with Crippen LogP contribution in [0.3, 0.4) is 0 Å². The highest BCUT2D eigenvalue weighted by atomic mass is 19.4. The molecule has 0 bridgehead atoms. The van der Waals surface area contributed by atoms with Crippen molar-refractivity contribution >= 4 is 5.91 Å². The highest BCUT2D eigenvalue weighted by Crippen LogP contribution is 2.29. The SMILES string of the molecule is CCN(CCO)C[C@@H]1CN(C(=O)c2cc(C(F)(F)F)[nH]n2)C[C@@H]1CO. The smallest absolute Gasteiger partial charge is 0.396 e. The molecule has 1 aromatic rings. The summed E-state index contributed by atoms with van der Waals surface area (Å²) in [7, 11) is 0. The molecular weight excluding hydrogens is 341 g/mol. The number of likely N-dealkylation sites (tertiary alicyclic amines) is 1. The minimum atomic E-state index is -4.58. The van der Waals surface area contributed by atoms with Crippen molar-refractivity contribution in [3.63, 3.8) is 0 Å². The normalized spacial score (nSPS) is 21.3. The summed E-state index contributed by atoms with van der Waals surface area (Å²) >= 11 is 0. The number of carbonyl (C=O) groups is 1. The van der Waals surface area contributed by atoms with Crippen LogP contribution in [0, 0.1) is 11.8 Å². The Labute approximate surface area is 143 Å². The van der Waals surface area contributed by atoms with Crippen molar-refractivity contribution in [2.24, 2.45) is 11.8 Å². The van der Waals surface area contributed by atoms with E-state index in [0.717, 1.165) is 6.54 Å². The second-order valence-electron chi connectivity index (χ2n) is 6.19. The van der Waals surface area contributed by atoms with Gasteiger partial charge in [-0.25, -0.2) is 0 Å². The molecule has 142 valence electrons. The fourth-order valence-corrected chi connectivity index (χ4v) is 3.11. The van der Waals surface area contributed by atoms with Gasteiger partial charge >= 0.3 is 6.18 Å². The Kier molecular flexibility index (Phi) is 6.42. The van der Waals surface area contributed by atoms with Crippen LogP contribution >= 0.6 is 0 Å². The summed E-state index contributed by atoms with van der Waals surface area (Å²) < 4.78 is 37.9. The lowest BCUT2D eigenvalue weighted by atomic mass is 9.96. The van der Waals surface area contributed by atoms with E-state index in [9.17, 15) is 23.1 Å². The molecular formula is C15H23F3N4O3. The van der Waals surface area contributed by atoms with Crippen molar-refractivity contribution in [3.8, 4) is 0 Å². The van der Waals surface area contributed by atoms with Gasteiger partial charge in [-0.3, -0.25) is 9.89 Å². The van der Waals surface area contributed by atoms with Gasteiger partial charge in [0.25, 0.3) is 5.91 Å². The number of likely N-dealkylation sites (N-methyl/N-ethyl adjacent to an activating group) is 1. The highest BCUT2D eigenvalue weighted by molar-refractivity contribution is 5.92. The fourth-order valence-electron chi connectivity index (χ4n) is 3.11. The largest absolute Gasteiger partial charge is 0.432 e. The summed E-state index contributed by atoms with van der Waals surface area (Å²) in [6.45, 7) is 4.26. The molecule has 7 nitrogen and oxygen atoms in total. The van der Waals surface area contributed by atoms with Crippen LogP contribution in [0.25, 0.3) is 0 Å². The van der Waals surface area contributed by atoms with Gasteiger partial charge < -0.3 is 20.0 Å². The Balaban J connectivity index is 2.05. The number of aromatic amines is 1. The number of amides is 1. The maximum Gasteiger partial charge on any atom is 0.432 e. The molecule has 1 amide bonds. The lowest BCUT2D eigenvalue weighted by Crippen LogP contribution is -2.36. The van der Waals surface area contributed by atoms with Crippen LogP contribution in [0.5, 0.6) is 0 Å². The molecule has 0 spiro atoms. The van der Waals surface area contributed by atoms with Crippen LogP contribution in [0.2, 0.25) is 0 Å². The number of carbonyl (C=O) groups excluding carboxylic acids is 1. The van der Waals surface area contributed by atoms with E-state index < -0.39 is 17.8 Å².